The lowest BCUT2D eigenvalue weighted by Crippen LogP contribution is -2.28. The number of amides is 1. The molecular formula is C20H24Cl2N6O. The zero-order valence-corrected chi connectivity index (χ0v) is 17.5. The largest absolute Gasteiger partial charge is 0.340 e. The highest BCUT2D eigenvalue weighted by Crippen LogP contribution is 2.29. The highest BCUT2D eigenvalue weighted by atomic mass is 35.5. The van der Waals surface area contributed by atoms with E-state index < -0.39 is 0 Å². The number of aryl methyl sites for hydroxylation is 1. The first kappa shape index (κ1) is 22.7. The Hall–Kier alpha value is -2.61. The number of hydrogen-bond acceptors (Lipinski definition) is 5. The van der Waals surface area contributed by atoms with Gasteiger partial charge in [0.15, 0.2) is 0 Å². The Bertz CT molecular complexity index is 916. The van der Waals surface area contributed by atoms with Crippen LogP contribution in [0.2, 0.25) is 0 Å². The number of para-hydroxylation sites is 1. The fraction of sp³-hybridized carbons (Fsp3) is 0.250. The first-order chi connectivity index (χ1) is 13.2. The maximum absolute atomic E-state index is 12.8. The van der Waals surface area contributed by atoms with E-state index in [0.29, 0.717) is 12.2 Å². The number of nitrogens with one attached hydrogen (secondary N) is 3. The summed E-state index contributed by atoms with van der Waals surface area (Å²) >= 11 is 0. The Labute approximate surface area is 182 Å². The highest BCUT2D eigenvalue weighted by molar-refractivity contribution is 5.93. The van der Waals surface area contributed by atoms with E-state index >= 15 is 0 Å². The zero-order valence-electron chi connectivity index (χ0n) is 15.9. The van der Waals surface area contributed by atoms with Gasteiger partial charge in [-0.15, -0.1) is 24.8 Å². The Kier molecular flexibility index (Phi) is 8.01. The molecule has 0 spiro atoms. The number of halogens is 2. The third kappa shape index (κ3) is 5.47. The third-order valence-corrected chi connectivity index (χ3v) is 4.78. The molecule has 3 aromatic rings. The van der Waals surface area contributed by atoms with Crippen LogP contribution in [0.25, 0.3) is 0 Å². The minimum Gasteiger partial charge on any atom is -0.340 e. The molecule has 154 valence electrons. The van der Waals surface area contributed by atoms with Crippen molar-refractivity contribution in [2.45, 2.75) is 5.92 Å². The number of anilines is 3. The van der Waals surface area contributed by atoms with Gasteiger partial charge in [0.2, 0.25) is 5.91 Å². The van der Waals surface area contributed by atoms with Crippen LogP contribution in [0.4, 0.5) is 17.2 Å². The van der Waals surface area contributed by atoms with Gasteiger partial charge in [-0.05, 0) is 29.8 Å². The molecule has 2 aromatic heterocycles. The Morgan fingerprint density at radius 1 is 1.07 bits per heavy atom. The van der Waals surface area contributed by atoms with E-state index in [1.54, 1.807) is 10.9 Å². The summed E-state index contributed by atoms with van der Waals surface area (Å²) in [6.45, 7) is 1.44. The molecule has 0 saturated carbocycles. The minimum absolute atomic E-state index is 0. The molecule has 4 rings (SSSR count). The third-order valence-electron chi connectivity index (χ3n) is 4.78. The van der Waals surface area contributed by atoms with Gasteiger partial charge in [-0.3, -0.25) is 9.48 Å². The van der Waals surface area contributed by atoms with E-state index in [0.717, 1.165) is 23.6 Å². The molecule has 3 N–H and O–H groups in total. The summed E-state index contributed by atoms with van der Waals surface area (Å²) in [6.07, 6.45) is 5.48. The molecule has 1 aromatic carbocycles. The highest BCUT2D eigenvalue weighted by Gasteiger charge is 2.34. The van der Waals surface area contributed by atoms with Gasteiger partial charge in [0, 0.05) is 37.9 Å². The standard InChI is InChI=1S/C20H22N6O.2ClH/c1-26-13-14(9-23-26)17-11-21-12-18(17)20(27)25-16-7-8-19(22-10-16)24-15-5-3-2-4-6-15;;/h2-10,13,17-18,21H,11-12H2,1H3,(H,22,24)(H,25,27);2*1H/t17-,18+;;/m1../s1. The van der Waals surface area contributed by atoms with Crippen molar-refractivity contribution in [3.8, 4) is 0 Å². The van der Waals surface area contributed by atoms with Crippen molar-refractivity contribution in [2.75, 3.05) is 23.7 Å². The summed E-state index contributed by atoms with van der Waals surface area (Å²) < 4.78 is 1.77. The molecule has 0 unspecified atom stereocenters. The van der Waals surface area contributed by atoms with Crippen LogP contribution in [0.3, 0.4) is 0 Å². The molecule has 7 nitrogen and oxygen atoms in total. The van der Waals surface area contributed by atoms with Gasteiger partial charge in [0.25, 0.3) is 0 Å². The van der Waals surface area contributed by atoms with Crippen molar-refractivity contribution >= 4 is 47.9 Å². The number of benzene rings is 1. The minimum atomic E-state index is -0.128. The topological polar surface area (TPSA) is 83.9 Å². The average molecular weight is 435 g/mol. The molecule has 1 fully saturated rings. The van der Waals surface area contributed by atoms with E-state index in [9.17, 15) is 4.79 Å². The molecule has 3 heterocycles. The maximum Gasteiger partial charge on any atom is 0.229 e. The maximum atomic E-state index is 12.8. The van der Waals surface area contributed by atoms with Crippen LogP contribution in [0, 0.1) is 5.92 Å². The van der Waals surface area contributed by atoms with Crippen molar-refractivity contribution in [3.05, 3.63) is 66.6 Å². The van der Waals surface area contributed by atoms with Gasteiger partial charge in [-0.2, -0.15) is 5.10 Å². The van der Waals surface area contributed by atoms with E-state index in [2.05, 4.69) is 26.0 Å². The van der Waals surface area contributed by atoms with Crippen LogP contribution in [-0.4, -0.2) is 33.8 Å². The molecule has 1 saturated heterocycles. The van der Waals surface area contributed by atoms with Crippen molar-refractivity contribution in [2.24, 2.45) is 13.0 Å². The number of hydrogen-bond donors (Lipinski definition) is 3. The summed E-state index contributed by atoms with van der Waals surface area (Å²) in [5.41, 5.74) is 2.75. The zero-order chi connectivity index (χ0) is 18.6. The van der Waals surface area contributed by atoms with E-state index in [1.807, 2.05) is 61.9 Å². The number of carbonyl (C=O) groups is 1. The predicted molar refractivity (Wildman–Crippen MR) is 119 cm³/mol. The fourth-order valence-corrected chi connectivity index (χ4v) is 3.38. The lowest BCUT2D eigenvalue weighted by atomic mass is 9.90. The number of carbonyl (C=O) groups excluding carboxylic acids is 1. The molecule has 1 aliphatic rings. The van der Waals surface area contributed by atoms with Crippen LogP contribution in [0.1, 0.15) is 11.5 Å². The van der Waals surface area contributed by atoms with Crippen LogP contribution >= 0.6 is 24.8 Å². The first-order valence-electron chi connectivity index (χ1n) is 8.97. The quantitative estimate of drug-likeness (QED) is 0.573. The number of rotatable bonds is 5. The van der Waals surface area contributed by atoms with Gasteiger partial charge < -0.3 is 16.0 Å². The van der Waals surface area contributed by atoms with Crippen LogP contribution < -0.4 is 16.0 Å². The van der Waals surface area contributed by atoms with E-state index in [4.69, 9.17) is 0 Å². The smallest absolute Gasteiger partial charge is 0.229 e. The molecule has 2 atom stereocenters. The summed E-state index contributed by atoms with van der Waals surface area (Å²) in [7, 11) is 1.89. The normalized spacial score (nSPS) is 17.7. The molecule has 1 aliphatic heterocycles. The van der Waals surface area contributed by atoms with Crippen molar-refractivity contribution in [1.82, 2.24) is 20.1 Å². The summed E-state index contributed by atoms with van der Waals surface area (Å²) in [4.78, 5) is 17.1. The molecule has 0 radical (unpaired) electrons. The van der Waals surface area contributed by atoms with E-state index in [1.165, 1.54) is 0 Å². The van der Waals surface area contributed by atoms with Gasteiger partial charge in [-0.1, -0.05) is 18.2 Å². The molecule has 0 aliphatic carbocycles. The van der Waals surface area contributed by atoms with Crippen molar-refractivity contribution in [1.29, 1.82) is 0 Å². The Morgan fingerprint density at radius 2 is 1.86 bits per heavy atom. The van der Waals surface area contributed by atoms with Crippen molar-refractivity contribution in [3.63, 3.8) is 0 Å². The second-order valence-electron chi connectivity index (χ2n) is 6.73. The molecule has 9 heteroatoms. The lowest BCUT2D eigenvalue weighted by Gasteiger charge is -2.17. The van der Waals surface area contributed by atoms with Crippen LogP contribution in [-0.2, 0) is 11.8 Å². The number of pyridine rings is 1. The Morgan fingerprint density at radius 3 is 2.52 bits per heavy atom. The van der Waals surface area contributed by atoms with Gasteiger partial charge in [0.05, 0.1) is 24.0 Å². The lowest BCUT2D eigenvalue weighted by molar-refractivity contribution is -0.119. The molecule has 29 heavy (non-hydrogen) atoms. The molecule has 1 amide bonds. The van der Waals surface area contributed by atoms with E-state index in [-0.39, 0.29) is 42.6 Å². The molecular weight excluding hydrogens is 411 g/mol. The first-order valence-corrected chi connectivity index (χ1v) is 8.97. The summed E-state index contributed by atoms with van der Waals surface area (Å²) in [5, 5.41) is 13.7. The SMILES string of the molecule is Cl.Cl.Cn1cc([C@H]2CNC[C@@H]2C(=O)Nc2ccc(Nc3ccccc3)nc2)cn1. The monoisotopic (exact) mass is 434 g/mol. The molecule has 0 bridgehead atoms. The second kappa shape index (κ2) is 10.2. The van der Waals surface area contributed by atoms with Crippen LogP contribution in [0.5, 0.6) is 0 Å². The Balaban J connectivity index is 0.00000150. The van der Waals surface area contributed by atoms with Crippen molar-refractivity contribution < 1.29 is 4.79 Å². The second-order valence-corrected chi connectivity index (χ2v) is 6.73. The summed E-state index contributed by atoms with van der Waals surface area (Å²) in [5.74, 6) is 0.733. The number of nitrogens with zero attached hydrogens (tertiary/aromatic N) is 3. The van der Waals surface area contributed by atoms with Gasteiger partial charge in [-0.25, -0.2) is 4.98 Å². The van der Waals surface area contributed by atoms with Gasteiger partial charge >= 0.3 is 0 Å². The van der Waals surface area contributed by atoms with Crippen LogP contribution in [0.15, 0.2) is 61.1 Å². The van der Waals surface area contributed by atoms with Gasteiger partial charge in [0.1, 0.15) is 5.82 Å². The predicted octanol–water partition coefficient (Wildman–Crippen LogP) is 3.34. The fourth-order valence-electron chi connectivity index (χ4n) is 3.38. The average Bonchev–Trinajstić information content (AvgIpc) is 3.33. The summed E-state index contributed by atoms with van der Waals surface area (Å²) in [6, 6.07) is 13.6. The number of aromatic nitrogens is 3.